The molecule has 1 aliphatic carbocycles. The molecule has 0 unspecified atom stereocenters. The van der Waals surface area contributed by atoms with Crippen LogP contribution in [-0.4, -0.2) is 22.9 Å². The molecule has 1 aromatic rings. The highest BCUT2D eigenvalue weighted by Crippen LogP contribution is 2.34. The van der Waals surface area contributed by atoms with Crippen LogP contribution in [-0.2, 0) is 4.79 Å². The van der Waals surface area contributed by atoms with Crippen LogP contribution in [0, 0.1) is 12.8 Å². The largest absolute Gasteiger partial charge is 0.359 e. The molecule has 0 atom stereocenters. The predicted molar refractivity (Wildman–Crippen MR) is 65.5 cm³/mol. The van der Waals surface area contributed by atoms with Crippen molar-refractivity contribution < 1.29 is 4.79 Å². The summed E-state index contributed by atoms with van der Waals surface area (Å²) >= 11 is 0. The fourth-order valence-electron chi connectivity index (χ4n) is 2.56. The van der Waals surface area contributed by atoms with E-state index in [9.17, 15) is 4.79 Å². The van der Waals surface area contributed by atoms with Gasteiger partial charge in [-0.2, -0.15) is 0 Å². The SMILES string of the molecule is CNC(=O)C1CCC(c2ccnc(C)n2)CC1. The fraction of sp³-hybridized carbons (Fsp3) is 0.615. The van der Waals surface area contributed by atoms with Crippen LogP contribution in [0.3, 0.4) is 0 Å². The maximum atomic E-state index is 11.5. The zero-order valence-corrected chi connectivity index (χ0v) is 10.4. The van der Waals surface area contributed by atoms with E-state index in [0.717, 1.165) is 37.2 Å². The van der Waals surface area contributed by atoms with Gasteiger partial charge in [-0.25, -0.2) is 9.97 Å². The van der Waals surface area contributed by atoms with E-state index in [-0.39, 0.29) is 11.8 Å². The van der Waals surface area contributed by atoms with Gasteiger partial charge in [-0.1, -0.05) is 0 Å². The van der Waals surface area contributed by atoms with Gasteiger partial charge >= 0.3 is 0 Å². The van der Waals surface area contributed by atoms with E-state index in [4.69, 9.17) is 0 Å². The van der Waals surface area contributed by atoms with Gasteiger partial charge < -0.3 is 5.32 Å². The third-order valence-electron chi connectivity index (χ3n) is 3.56. The maximum absolute atomic E-state index is 11.5. The minimum atomic E-state index is 0.183. The molecule has 1 heterocycles. The average Bonchev–Trinajstić information content (AvgIpc) is 2.38. The Morgan fingerprint density at radius 1 is 1.35 bits per heavy atom. The van der Waals surface area contributed by atoms with Gasteiger partial charge in [0.2, 0.25) is 5.91 Å². The summed E-state index contributed by atoms with van der Waals surface area (Å²) in [6.07, 6.45) is 5.85. The number of nitrogens with zero attached hydrogens (tertiary/aromatic N) is 2. The number of carbonyl (C=O) groups is 1. The Bertz CT molecular complexity index is 397. The Morgan fingerprint density at radius 3 is 2.65 bits per heavy atom. The molecule has 0 bridgehead atoms. The second-order valence-corrected chi connectivity index (χ2v) is 4.69. The van der Waals surface area contributed by atoms with Crippen LogP contribution in [0.5, 0.6) is 0 Å². The lowest BCUT2D eigenvalue weighted by atomic mass is 9.80. The van der Waals surface area contributed by atoms with Crippen molar-refractivity contribution in [2.45, 2.75) is 38.5 Å². The second-order valence-electron chi connectivity index (χ2n) is 4.69. The molecule has 1 amide bonds. The van der Waals surface area contributed by atoms with E-state index < -0.39 is 0 Å². The van der Waals surface area contributed by atoms with Gasteiger partial charge in [-0.15, -0.1) is 0 Å². The molecule has 4 heteroatoms. The Morgan fingerprint density at radius 2 is 2.06 bits per heavy atom. The highest BCUT2D eigenvalue weighted by atomic mass is 16.1. The quantitative estimate of drug-likeness (QED) is 0.847. The molecule has 4 nitrogen and oxygen atoms in total. The summed E-state index contributed by atoms with van der Waals surface area (Å²) < 4.78 is 0. The van der Waals surface area contributed by atoms with Crippen LogP contribution in [0.1, 0.15) is 43.1 Å². The smallest absolute Gasteiger partial charge is 0.222 e. The topological polar surface area (TPSA) is 54.9 Å². The summed E-state index contributed by atoms with van der Waals surface area (Å²) in [6, 6.07) is 2.00. The van der Waals surface area contributed by atoms with E-state index in [2.05, 4.69) is 15.3 Å². The number of hydrogen-bond acceptors (Lipinski definition) is 3. The average molecular weight is 233 g/mol. The minimum absolute atomic E-state index is 0.183. The molecule has 2 rings (SSSR count). The van der Waals surface area contributed by atoms with E-state index in [1.54, 1.807) is 7.05 Å². The summed E-state index contributed by atoms with van der Waals surface area (Å²) in [5.74, 6) is 1.70. The minimum Gasteiger partial charge on any atom is -0.359 e. The Kier molecular flexibility index (Phi) is 3.71. The van der Waals surface area contributed by atoms with Crippen molar-refractivity contribution in [2.24, 2.45) is 5.92 Å². The van der Waals surface area contributed by atoms with Crippen LogP contribution in [0.15, 0.2) is 12.3 Å². The van der Waals surface area contributed by atoms with E-state index in [0.29, 0.717) is 5.92 Å². The van der Waals surface area contributed by atoms with Crippen molar-refractivity contribution in [1.82, 2.24) is 15.3 Å². The first-order valence-corrected chi connectivity index (χ1v) is 6.22. The van der Waals surface area contributed by atoms with Crippen LogP contribution in [0.2, 0.25) is 0 Å². The Hall–Kier alpha value is -1.45. The normalized spacial score (nSPS) is 24.4. The molecule has 17 heavy (non-hydrogen) atoms. The monoisotopic (exact) mass is 233 g/mol. The number of aryl methyl sites for hydroxylation is 1. The first-order valence-electron chi connectivity index (χ1n) is 6.22. The number of carbonyl (C=O) groups excluding carboxylic acids is 1. The highest BCUT2D eigenvalue weighted by Gasteiger charge is 2.27. The van der Waals surface area contributed by atoms with Gasteiger partial charge in [-0.05, 0) is 38.7 Å². The number of aromatic nitrogens is 2. The second kappa shape index (κ2) is 5.25. The molecular formula is C13H19N3O. The number of nitrogens with one attached hydrogen (secondary N) is 1. The lowest BCUT2D eigenvalue weighted by Crippen LogP contribution is -2.30. The molecule has 1 aromatic heterocycles. The first kappa shape index (κ1) is 12.0. The third-order valence-corrected chi connectivity index (χ3v) is 3.56. The standard InChI is InChI=1S/C13H19N3O/c1-9-15-8-7-12(16-9)10-3-5-11(6-4-10)13(17)14-2/h7-8,10-11H,3-6H2,1-2H3,(H,14,17). The van der Waals surface area contributed by atoms with Crippen molar-refractivity contribution >= 4 is 5.91 Å². The van der Waals surface area contributed by atoms with Crippen molar-refractivity contribution in [3.63, 3.8) is 0 Å². The number of rotatable bonds is 2. The molecule has 0 saturated heterocycles. The van der Waals surface area contributed by atoms with Crippen molar-refractivity contribution in [2.75, 3.05) is 7.05 Å². The lowest BCUT2D eigenvalue weighted by molar-refractivity contribution is -0.125. The summed E-state index contributed by atoms with van der Waals surface area (Å²) in [7, 11) is 1.71. The summed E-state index contributed by atoms with van der Waals surface area (Å²) in [5.41, 5.74) is 1.13. The summed E-state index contributed by atoms with van der Waals surface area (Å²) in [5, 5.41) is 2.73. The van der Waals surface area contributed by atoms with E-state index in [1.165, 1.54) is 0 Å². The molecule has 0 radical (unpaired) electrons. The molecular weight excluding hydrogens is 214 g/mol. The molecule has 1 saturated carbocycles. The molecule has 1 N–H and O–H groups in total. The molecule has 0 spiro atoms. The lowest BCUT2D eigenvalue weighted by Gasteiger charge is -2.27. The van der Waals surface area contributed by atoms with Crippen LogP contribution in [0.4, 0.5) is 0 Å². The van der Waals surface area contributed by atoms with E-state index >= 15 is 0 Å². The molecule has 0 aromatic carbocycles. The van der Waals surface area contributed by atoms with Crippen molar-refractivity contribution in [3.8, 4) is 0 Å². The predicted octanol–water partition coefficient (Wildman–Crippen LogP) is 1.80. The molecule has 92 valence electrons. The van der Waals surface area contributed by atoms with Gasteiger partial charge in [0.1, 0.15) is 5.82 Å². The van der Waals surface area contributed by atoms with Gasteiger partial charge in [0.25, 0.3) is 0 Å². The van der Waals surface area contributed by atoms with Gasteiger partial charge in [0, 0.05) is 30.8 Å². The summed E-state index contributed by atoms with van der Waals surface area (Å²) in [4.78, 5) is 20.1. The van der Waals surface area contributed by atoms with Gasteiger partial charge in [0.05, 0.1) is 0 Å². The van der Waals surface area contributed by atoms with Crippen LogP contribution in [0.25, 0.3) is 0 Å². The van der Waals surface area contributed by atoms with Crippen molar-refractivity contribution in [1.29, 1.82) is 0 Å². The molecule has 0 aliphatic heterocycles. The Balaban J connectivity index is 1.97. The van der Waals surface area contributed by atoms with E-state index in [1.807, 2.05) is 19.2 Å². The fourth-order valence-corrected chi connectivity index (χ4v) is 2.56. The first-order chi connectivity index (χ1) is 8.20. The number of hydrogen-bond donors (Lipinski definition) is 1. The maximum Gasteiger partial charge on any atom is 0.222 e. The highest BCUT2D eigenvalue weighted by molar-refractivity contribution is 5.78. The Labute approximate surface area is 102 Å². The summed E-state index contributed by atoms with van der Waals surface area (Å²) in [6.45, 7) is 1.92. The zero-order chi connectivity index (χ0) is 12.3. The van der Waals surface area contributed by atoms with Crippen molar-refractivity contribution in [3.05, 3.63) is 23.8 Å². The van der Waals surface area contributed by atoms with Gasteiger partial charge in [-0.3, -0.25) is 4.79 Å². The van der Waals surface area contributed by atoms with Crippen LogP contribution < -0.4 is 5.32 Å². The number of amides is 1. The van der Waals surface area contributed by atoms with Crippen LogP contribution >= 0.6 is 0 Å². The molecule has 1 fully saturated rings. The third kappa shape index (κ3) is 2.81. The molecule has 1 aliphatic rings. The van der Waals surface area contributed by atoms with Gasteiger partial charge in [0.15, 0.2) is 0 Å². The zero-order valence-electron chi connectivity index (χ0n) is 10.4.